The number of hydrogen-bond donors (Lipinski definition) is 0. The predicted octanol–water partition coefficient (Wildman–Crippen LogP) is 4.86. The lowest BCUT2D eigenvalue weighted by molar-refractivity contribution is -0.268. The van der Waals surface area contributed by atoms with Crippen molar-refractivity contribution in [2.45, 2.75) is 65.3 Å². The van der Waals surface area contributed by atoms with Gasteiger partial charge < -0.3 is 33.2 Å². The van der Waals surface area contributed by atoms with E-state index < -0.39 is 67.1 Å². The Bertz CT molecular complexity index is 1900. The number of nitrogens with zero attached hydrogens (tertiary/aromatic N) is 2. The Morgan fingerprint density at radius 1 is 0.804 bits per heavy atom. The zero-order valence-corrected chi connectivity index (χ0v) is 29.5. The van der Waals surface area contributed by atoms with E-state index in [1.165, 1.54) is 11.7 Å². The SMILES string of the molecule is CCOC(=O)c1c(-c2ccc(OC)cc2)c(C#N)c(=S)n([C@@H]2O[C@@H](COC(C)=O)[C@@H](OC(C)=O)[C@@H](OC(C)=O)[C@@H]2OC(C)=O)c1-c1ccccc1. The van der Waals surface area contributed by atoms with Crippen LogP contribution >= 0.6 is 12.2 Å². The number of ether oxygens (including phenoxy) is 7. The highest BCUT2D eigenvalue weighted by atomic mass is 32.1. The van der Waals surface area contributed by atoms with Crippen LogP contribution in [0.25, 0.3) is 22.4 Å². The topological polar surface area (TPSA) is 179 Å². The number of rotatable bonds is 11. The lowest BCUT2D eigenvalue weighted by Gasteiger charge is -2.45. The van der Waals surface area contributed by atoms with Gasteiger partial charge in [-0.3, -0.25) is 23.7 Å². The van der Waals surface area contributed by atoms with Crippen molar-refractivity contribution in [2.24, 2.45) is 0 Å². The highest BCUT2D eigenvalue weighted by molar-refractivity contribution is 7.71. The average molecular weight is 721 g/mol. The molecule has 0 unspecified atom stereocenters. The minimum Gasteiger partial charge on any atom is -0.497 e. The highest BCUT2D eigenvalue weighted by Gasteiger charge is 2.53. The zero-order valence-electron chi connectivity index (χ0n) is 28.7. The van der Waals surface area contributed by atoms with Gasteiger partial charge in [0.05, 0.1) is 30.5 Å². The van der Waals surface area contributed by atoms with Gasteiger partial charge in [-0.1, -0.05) is 54.7 Å². The van der Waals surface area contributed by atoms with Gasteiger partial charge in [0.2, 0.25) is 0 Å². The maximum absolute atomic E-state index is 14.1. The molecule has 0 amide bonds. The fourth-order valence-corrected chi connectivity index (χ4v) is 6.12. The average Bonchev–Trinajstić information content (AvgIpc) is 3.08. The summed E-state index contributed by atoms with van der Waals surface area (Å²) < 4.78 is 40.7. The molecule has 0 radical (unpaired) electrons. The number of pyridine rings is 1. The Morgan fingerprint density at radius 3 is 1.92 bits per heavy atom. The molecule has 1 aliphatic heterocycles. The fraction of sp³-hybridized carbons (Fsp3) is 0.361. The third-order valence-electron chi connectivity index (χ3n) is 7.65. The molecule has 2 aromatic carbocycles. The van der Waals surface area contributed by atoms with Crippen molar-refractivity contribution in [3.8, 4) is 34.2 Å². The van der Waals surface area contributed by atoms with Crippen LogP contribution in [0.3, 0.4) is 0 Å². The second-order valence-electron chi connectivity index (χ2n) is 11.2. The Balaban J connectivity index is 2.20. The van der Waals surface area contributed by atoms with Crippen LogP contribution < -0.4 is 4.74 Å². The fourth-order valence-electron chi connectivity index (χ4n) is 5.78. The lowest BCUT2D eigenvalue weighted by atomic mass is 9.90. The highest BCUT2D eigenvalue weighted by Crippen LogP contribution is 2.43. The monoisotopic (exact) mass is 720 g/mol. The molecule has 0 spiro atoms. The number of carbonyl (C=O) groups is 5. The predicted molar refractivity (Wildman–Crippen MR) is 181 cm³/mol. The van der Waals surface area contributed by atoms with Crippen LogP contribution in [0.1, 0.15) is 56.8 Å². The number of carbonyl (C=O) groups excluding carboxylic acids is 5. The van der Waals surface area contributed by atoms with Gasteiger partial charge in [-0.2, -0.15) is 5.26 Å². The normalized spacial score (nSPS) is 19.5. The van der Waals surface area contributed by atoms with Crippen LogP contribution in [0.5, 0.6) is 5.75 Å². The van der Waals surface area contributed by atoms with Crippen molar-refractivity contribution in [1.29, 1.82) is 5.26 Å². The summed E-state index contributed by atoms with van der Waals surface area (Å²) >= 11 is 6.01. The van der Waals surface area contributed by atoms with Gasteiger partial charge in [0.15, 0.2) is 24.5 Å². The number of hydrogen-bond acceptors (Lipinski definition) is 14. The van der Waals surface area contributed by atoms with E-state index >= 15 is 0 Å². The Morgan fingerprint density at radius 2 is 1.39 bits per heavy atom. The first-order valence-corrected chi connectivity index (χ1v) is 16.1. The molecule has 3 aromatic rings. The molecule has 14 nitrogen and oxygen atoms in total. The van der Waals surface area contributed by atoms with Gasteiger partial charge >= 0.3 is 29.8 Å². The molecule has 1 aliphatic rings. The molecule has 4 rings (SSSR count). The van der Waals surface area contributed by atoms with Crippen LogP contribution in [0.2, 0.25) is 0 Å². The van der Waals surface area contributed by atoms with Crippen LogP contribution in [0.15, 0.2) is 54.6 Å². The Labute approximate surface area is 298 Å². The largest absolute Gasteiger partial charge is 0.497 e. The van der Waals surface area contributed by atoms with Gasteiger partial charge in [0, 0.05) is 33.3 Å². The van der Waals surface area contributed by atoms with Crippen molar-refractivity contribution in [2.75, 3.05) is 20.3 Å². The molecule has 1 fully saturated rings. The lowest BCUT2D eigenvalue weighted by Crippen LogP contribution is -2.60. The summed E-state index contributed by atoms with van der Waals surface area (Å²) in [6.07, 6.45) is -7.55. The number of nitriles is 1. The van der Waals surface area contributed by atoms with Gasteiger partial charge in [0.25, 0.3) is 0 Å². The van der Waals surface area contributed by atoms with Crippen LogP contribution in [0.4, 0.5) is 0 Å². The number of methoxy groups -OCH3 is 1. The first-order valence-electron chi connectivity index (χ1n) is 15.7. The maximum Gasteiger partial charge on any atom is 0.340 e. The van der Waals surface area contributed by atoms with Gasteiger partial charge in [-0.05, 0) is 30.2 Å². The Hall–Kier alpha value is -5.59. The minimum absolute atomic E-state index is 0.0360. The molecule has 0 saturated carbocycles. The summed E-state index contributed by atoms with van der Waals surface area (Å²) in [7, 11) is 1.49. The van der Waals surface area contributed by atoms with Crippen LogP contribution in [-0.4, -0.2) is 79.2 Å². The van der Waals surface area contributed by atoms with E-state index in [1.807, 2.05) is 0 Å². The summed E-state index contributed by atoms with van der Waals surface area (Å²) in [4.78, 5) is 63.6. The van der Waals surface area contributed by atoms with E-state index in [9.17, 15) is 29.2 Å². The molecule has 268 valence electrons. The minimum atomic E-state index is -1.60. The molecule has 1 aromatic heterocycles. The first kappa shape index (κ1) is 38.2. The van der Waals surface area contributed by atoms with E-state index in [4.69, 9.17) is 45.4 Å². The van der Waals surface area contributed by atoms with Crippen molar-refractivity contribution >= 4 is 42.1 Å². The van der Waals surface area contributed by atoms with Gasteiger partial charge in [-0.15, -0.1) is 0 Å². The van der Waals surface area contributed by atoms with Crippen LogP contribution in [-0.2, 0) is 47.6 Å². The third kappa shape index (κ3) is 8.59. The van der Waals surface area contributed by atoms with E-state index in [2.05, 4.69) is 6.07 Å². The summed E-state index contributed by atoms with van der Waals surface area (Å²) in [5.41, 5.74) is 0.817. The van der Waals surface area contributed by atoms with Crippen molar-refractivity contribution in [1.82, 2.24) is 4.57 Å². The molecular weight excluding hydrogens is 684 g/mol. The summed E-state index contributed by atoms with van der Waals surface area (Å²) in [6.45, 7) is 5.52. The van der Waals surface area contributed by atoms with Crippen LogP contribution in [0, 0.1) is 16.0 Å². The van der Waals surface area contributed by atoms with Gasteiger partial charge in [0.1, 0.15) is 29.2 Å². The molecule has 15 heteroatoms. The standard InChI is InChI=1S/C36H36N2O12S/c1-7-45-36(43)29-28(23-13-15-25(44-6)16-14-23)26(17-37)35(51)38(30(29)24-11-9-8-10-12-24)34-33(49-22(5)42)32(48-21(4)41)31(47-20(3)40)27(50-34)18-46-19(2)39/h8-16,27,31-34H,7,18H2,1-6H3/t27-,31+,32+,33-,34+/m0/s1. The van der Waals surface area contributed by atoms with E-state index in [-0.39, 0.29) is 33.6 Å². The van der Waals surface area contributed by atoms with E-state index in [1.54, 1.807) is 61.5 Å². The molecule has 2 heterocycles. The van der Waals surface area contributed by atoms with Crippen molar-refractivity contribution in [3.05, 3.63) is 70.4 Å². The summed E-state index contributed by atoms with van der Waals surface area (Å²) in [5, 5.41) is 10.7. The molecule has 51 heavy (non-hydrogen) atoms. The second-order valence-corrected chi connectivity index (χ2v) is 11.6. The number of esters is 5. The van der Waals surface area contributed by atoms with Crippen molar-refractivity contribution in [3.63, 3.8) is 0 Å². The smallest absolute Gasteiger partial charge is 0.340 e. The third-order valence-corrected chi connectivity index (χ3v) is 8.05. The zero-order chi connectivity index (χ0) is 37.4. The molecule has 0 bridgehead atoms. The summed E-state index contributed by atoms with van der Waals surface area (Å²) in [5.74, 6) is -3.51. The van der Waals surface area contributed by atoms with E-state index in [0.717, 1.165) is 27.7 Å². The molecule has 0 aliphatic carbocycles. The number of aromatic nitrogens is 1. The molecule has 1 saturated heterocycles. The first-order chi connectivity index (χ1) is 24.3. The maximum atomic E-state index is 14.1. The van der Waals surface area contributed by atoms with Gasteiger partial charge in [-0.25, -0.2) is 4.79 Å². The molecule has 0 N–H and O–H groups in total. The molecular formula is C36H36N2O12S. The quantitative estimate of drug-likeness (QED) is 0.149. The molecule has 5 atom stereocenters. The second kappa shape index (κ2) is 16.9. The van der Waals surface area contributed by atoms with E-state index in [0.29, 0.717) is 16.9 Å². The van der Waals surface area contributed by atoms with Crippen molar-refractivity contribution < 1.29 is 57.1 Å². The summed E-state index contributed by atoms with van der Waals surface area (Å²) in [6, 6.07) is 17.2. The number of benzene rings is 2. The Kier molecular flexibility index (Phi) is 12.6.